The molecule has 3 rings (SSSR count). The average Bonchev–Trinajstić information content (AvgIpc) is 2.76. The van der Waals surface area contributed by atoms with E-state index >= 15 is 0 Å². The summed E-state index contributed by atoms with van der Waals surface area (Å²) in [5, 5.41) is 2.81. The molecule has 1 aliphatic heterocycles. The first-order valence-electron chi connectivity index (χ1n) is 10.4. The second kappa shape index (κ2) is 10.1. The lowest BCUT2D eigenvalue weighted by molar-refractivity contribution is -0.203. The summed E-state index contributed by atoms with van der Waals surface area (Å²) in [7, 11) is 0. The number of hydrogen-bond acceptors (Lipinski definition) is 5. The normalized spacial score (nSPS) is 18.8. The molecule has 0 spiro atoms. The van der Waals surface area contributed by atoms with Crippen LogP contribution in [0.1, 0.15) is 31.9 Å². The summed E-state index contributed by atoms with van der Waals surface area (Å²) in [6, 6.07) is 18.3. The maximum absolute atomic E-state index is 13.0. The first-order valence-corrected chi connectivity index (χ1v) is 10.4. The predicted molar refractivity (Wildman–Crippen MR) is 114 cm³/mol. The van der Waals surface area contributed by atoms with Crippen LogP contribution in [0, 0.1) is 11.8 Å². The third-order valence-corrected chi connectivity index (χ3v) is 5.27. The lowest BCUT2D eigenvalue weighted by atomic mass is 9.81. The minimum atomic E-state index is -0.743. The molecule has 0 aliphatic carbocycles. The number of ether oxygens (including phenoxy) is 2. The van der Waals surface area contributed by atoms with Crippen molar-refractivity contribution in [1.82, 2.24) is 10.2 Å². The number of rotatable bonds is 8. The van der Waals surface area contributed by atoms with Crippen LogP contribution in [0.2, 0.25) is 0 Å². The van der Waals surface area contributed by atoms with E-state index in [2.05, 4.69) is 5.32 Å². The van der Waals surface area contributed by atoms with Gasteiger partial charge in [-0.2, -0.15) is 0 Å². The van der Waals surface area contributed by atoms with Crippen LogP contribution in [0.4, 0.5) is 4.79 Å². The van der Waals surface area contributed by atoms with E-state index in [0.717, 1.165) is 11.1 Å². The Hall–Kier alpha value is -3.35. The van der Waals surface area contributed by atoms with Crippen molar-refractivity contribution in [3.63, 3.8) is 0 Å². The number of benzene rings is 2. The quantitative estimate of drug-likeness (QED) is 0.518. The highest BCUT2D eigenvalue weighted by atomic mass is 16.6. The third-order valence-electron chi connectivity index (χ3n) is 5.27. The maximum atomic E-state index is 13.0. The van der Waals surface area contributed by atoms with Gasteiger partial charge < -0.3 is 19.7 Å². The fourth-order valence-corrected chi connectivity index (χ4v) is 3.71. The van der Waals surface area contributed by atoms with Crippen LogP contribution in [-0.4, -0.2) is 35.1 Å². The first-order chi connectivity index (χ1) is 14.9. The van der Waals surface area contributed by atoms with Crippen molar-refractivity contribution in [3.05, 3.63) is 71.8 Å². The van der Waals surface area contributed by atoms with E-state index in [4.69, 9.17) is 9.47 Å². The van der Waals surface area contributed by atoms with Crippen LogP contribution in [0.5, 0.6) is 0 Å². The van der Waals surface area contributed by atoms with E-state index in [-0.39, 0.29) is 18.4 Å². The Morgan fingerprint density at radius 1 is 1.00 bits per heavy atom. The monoisotopic (exact) mass is 424 g/mol. The Labute approximate surface area is 182 Å². The molecule has 164 valence electrons. The van der Waals surface area contributed by atoms with Crippen LogP contribution in [0.25, 0.3) is 0 Å². The van der Waals surface area contributed by atoms with Crippen molar-refractivity contribution in [2.75, 3.05) is 0 Å². The van der Waals surface area contributed by atoms with E-state index in [9.17, 15) is 14.4 Å². The molecular weight excluding hydrogens is 396 g/mol. The summed E-state index contributed by atoms with van der Waals surface area (Å²) in [4.78, 5) is 38.6. The molecule has 1 aliphatic rings. The van der Waals surface area contributed by atoms with Gasteiger partial charge >= 0.3 is 12.1 Å². The number of carbonyl (C=O) groups is 3. The molecule has 1 heterocycles. The lowest BCUT2D eigenvalue weighted by Gasteiger charge is -2.49. The molecule has 0 aromatic heterocycles. The van der Waals surface area contributed by atoms with Crippen molar-refractivity contribution in [1.29, 1.82) is 0 Å². The van der Waals surface area contributed by atoms with Crippen molar-refractivity contribution in [3.8, 4) is 0 Å². The molecule has 0 bridgehead atoms. The van der Waals surface area contributed by atoms with Crippen molar-refractivity contribution in [2.45, 2.75) is 46.2 Å². The number of nitrogens with one attached hydrogen (secondary N) is 1. The molecule has 1 saturated heterocycles. The van der Waals surface area contributed by atoms with Crippen molar-refractivity contribution >= 4 is 18.0 Å². The van der Waals surface area contributed by atoms with Crippen LogP contribution in [0.15, 0.2) is 60.7 Å². The summed E-state index contributed by atoms with van der Waals surface area (Å²) in [6.07, 6.45) is -1.36. The van der Waals surface area contributed by atoms with Gasteiger partial charge in [-0.3, -0.25) is 9.59 Å². The second-order valence-corrected chi connectivity index (χ2v) is 7.95. The Balaban J connectivity index is 1.68. The van der Waals surface area contributed by atoms with E-state index in [1.807, 2.05) is 74.5 Å². The van der Waals surface area contributed by atoms with E-state index in [1.54, 1.807) is 0 Å². The van der Waals surface area contributed by atoms with Gasteiger partial charge in [0.1, 0.15) is 12.5 Å². The minimum absolute atomic E-state index is 0.0739. The molecule has 0 unspecified atom stereocenters. The van der Waals surface area contributed by atoms with Gasteiger partial charge in [-0.15, -0.1) is 0 Å². The minimum Gasteiger partial charge on any atom is -0.445 e. The highest BCUT2D eigenvalue weighted by Gasteiger charge is 2.54. The third kappa shape index (κ3) is 5.63. The van der Waals surface area contributed by atoms with Gasteiger partial charge in [-0.25, -0.2) is 4.79 Å². The zero-order valence-corrected chi connectivity index (χ0v) is 18.0. The molecule has 7 nitrogen and oxygen atoms in total. The zero-order valence-electron chi connectivity index (χ0n) is 18.0. The highest BCUT2D eigenvalue weighted by Crippen LogP contribution is 2.35. The standard InChI is InChI=1S/C24H28N2O5/c1-16(2)21(25-24(29)30-15-19-12-8-5-9-13-19)20-22(28)26(23(20)31-17(3)27)14-18-10-6-4-7-11-18/h4-13,16,20-21,23H,14-15H2,1-3H3,(H,25,29)/t20-,21-,23+/m0/s1. The molecule has 1 fully saturated rings. The number of carbonyl (C=O) groups excluding carboxylic acids is 3. The topological polar surface area (TPSA) is 84.9 Å². The smallest absolute Gasteiger partial charge is 0.407 e. The summed E-state index contributed by atoms with van der Waals surface area (Å²) in [5.74, 6) is -1.39. The van der Waals surface area contributed by atoms with Crippen LogP contribution >= 0.6 is 0 Å². The highest BCUT2D eigenvalue weighted by molar-refractivity contribution is 5.87. The van der Waals surface area contributed by atoms with Gasteiger partial charge in [-0.05, 0) is 17.0 Å². The number of hydrogen-bond donors (Lipinski definition) is 1. The van der Waals surface area contributed by atoms with Gasteiger partial charge in [0.15, 0.2) is 6.23 Å². The number of nitrogens with zero attached hydrogens (tertiary/aromatic N) is 1. The Kier molecular flexibility index (Phi) is 7.28. The van der Waals surface area contributed by atoms with Gasteiger partial charge in [0, 0.05) is 13.5 Å². The van der Waals surface area contributed by atoms with E-state index in [0.29, 0.717) is 6.54 Å². The van der Waals surface area contributed by atoms with Crippen LogP contribution in [-0.2, 0) is 32.2 Å². The van der Waals surface area contributed by atoms with Gasteiger partial charge in [0.05, 0.1) is 6.04 Å². The first kappa shape index (κ1) is 22.3. The number of β-lactam (4-membered cyclic amide) rings is 1. The molecule has 2 aromatic rings. The van der Waals surface area contributed by atoms with Crippen molar-refractivity contribution in [2.24, 2.45) is 11.8 Å². The van der Waals surface area contributed by atoms with Gasteiger partial charge in [0.2, 0.25) is 5.91 Å². The van der Waals surface area contributed by atoms with Crippen molar-refractivity contribution < 1.29 is 23.9 Å². The molecule has 1 N–H and O–H groups in total. The lowest BCUT2D eigenvalue weighted by Crippen LogP contribution is -2.68. The zero-order chi connectivity index (χ0) is 22.4. The molecule has 2 aromatic carbocycles. The van der Waals surface area contributed by atoms with Gasteiger partial charge in [0.25, 0.3) is 0 Å². The number of alkyl carbamates (subject to hydrolysis) is 1. The molecular formula is C24H28N2O5. The molecule has 3 atom stereocenters. The van der Waals surface area contributed by atoms with Crippen LogP contribution in [0.3, 0.4) is 0 Å². The Morgan fingerprint density at radius 3 is 2.13 bits per heavy atom. The number of amides is 2. The molecule has 2 amide bonds. The fraction of sp³-hybridized carbons (Fsp3) is 0.375. The van der Waals surface area contributed by atoms with E-state index < -0.39 is 30.3 Å². The van der Waals surface area contributed by atoms with E-state index in [1.165, 1.54) is 11.8 Å². The largest absolute Gasteiger partial charge is 0.445 e. The summed E-state index contributed by atoms with van der Waals surface area (Å²) in [5.41, 5.74) is 1.80. The summed E-state index contributed by atoms with van der Waals surface area (Å²) < 4.78 is 10.8. The fourth-order valence-electron chi connectivity index (χ4n) is 3.71. The Morgan fingerprint density at radius 2 is 1.58 bits per heavy atom. The predicted octanol–water partition coefficient (Wildman–Crippen LogP) is 3.49. The molecule has 7 heteroatoms. The Bertz CT molecular complexity index is 901. The summed E-state index contributed by atoms with van der Waals surface area (Å²) >= 11 is 0. The molecule has 31 heavy (non-hydrogen) atoms. The molecule has 0 radical (unpaired) electrons. The number of esters is 1. The maximum Gasteiger partial charge on any atom is 0.407 e. The van der Waals surface area contributed by atoms with Crippen LogP contribution < -0.4 is 5.32 Å². The SMILES string of the molecule is CC(=O)O[C@@H]1[C@@H]([C@@H](NC(=O)OCc2ccccc2)C(C)C)C(=O)N1Cc1ccccc1. The second-order valence-electron chi connectivity index (χ2n) is 7.95. The number of likely N-dealkylation sites (tertiary alicyclic amines) is 1. The summed E-state index contributed by atoms with van der Waals surface area (Å²) in [6.45, 7) is 5.58. The van der Waals surface area contributed by atoms with Gasteiger partial charge in [-0.1, -0.05) is 74.5 Å². The molecule has 0 saturated carbocycles. The average molecular weight is 424 g/mol.